The van der Waals surface area contributed by atoms with Gasteiger partial charge in [-0.25, -0.2) is 4.79 Å². The van der Waals surface area contributed by atoms with E-state index in [1.54, 1.807) is 18.3 Å². The average Bonchev–Trinajstić information content (AvgIpc) is 2.71. The van der Waals surface area contributed by atoms with Gasteiger partial charge in [0.15, 0.2) is 0 Å². The Labute approximate surface area is 109 Å². The second-order valence-electron chi connectivity index (χ2n) is 5.34. The van der Waals surface area contributed by atoms with Crippen molar-refractivity contribution >= 4 is 5.69 Å². The SMILES string of the molecule is CC(C)(C)c1c[nH]c(=O)n1-c1cccc([N+](=O)[O-])c1. The third-order valence-electron chi connectivity index (χ3n) is 2.84. The molecule has 0 fully saturated rings. The summed E-state index contributed by atoms with van der Waals surface area (Å²) in [5, 5.41) is 10.8. The van der Waals surface area contributed by atoms with E-state index in [2.05, 4.69) is 4.98 Å². The standard InChI is InChI=1S/C13H15N3O3/c1-13(2,3)11-8-14-12(17)15(11)9-5-4-6-10(7-9)16(18)19/h4-8H,1-3H3,(H,14,17). The van der Waals surface area contributed by atoms with Crippen LogP contribution in [0.4, 0.5) is 5.69 Å². The van der Waals surface area contributed by atoms with Gasteiger partial charge in [-0.15, -0.1) is 0 Å². The molecule has 19 heavy (non-hydrogen) atoms. The number of H-pyrrole nitrogens is 1. The highest BCUT2D eigenvalue weighted by molar-refractivity contribution is 5.44. The van der Waals surface area contributed by atoms with Crippen LogP contribution in [-0.4, -0.2) is 14.5 Å². The molecule has 6 heteroatoms. The van der Waals surface area contributed by atoms with E-state index in [-0.39, 0.29) is 16.8 Å². The van der Waals surface area contributed by atoms with E-state index in [4.69, 9.17) is 0 Å². The predicted octanol–water partition coefficient (Wildman–Crippen LogP) is 2.37. The number of rotatable bonds is 2. The fourth-order valence-corrected chi connectivity index (χ4v) is 1.92. The van der Waals surface area contributed by atoms with Gasteiger partial charge >= 0.3 is 5.69 Å². The van der Waals surface area contributed by atoms with Crippen LogP contribution in [0, 0.1) is 10.1 Å². The Hall–Kier alpha value is -2.37. The molecule has 0 radical (unpaired) electrons. The van der Waals surface area contributed by atoms with Gasteiger partial charge in [0.1, 0.15) is 0 Å². The number of nitro benzene ring substituents is 1. The van der Waals surface area contributed by atoms with Crippen LogP contribution >= 0.6 is 0 Å². The molecule has 1 N–H and O–H groups in total. The summed E-state index contributed by atoms with van der Waals surface area (Å²) in [6.45, 7) is 5.93. The number of hydrogen-bond acceptors (Lipinski definition) is 3. The van der Waals surface area contributed by atoms with E-state index in [1.165, 1.54) is 16.7 Å². The Balaban J connectivity index is 2.66. The maximum atomic E-state index is 11.9. The molecule has 1 aromatic heterocycles. The zero-order valence-electron chi connectivity index (χ0n) is 11.0. The van der Waals surface area contributed by atoms with Gasteiger partial charge in [0.05, 0.1) is 10.6 Å². The summed E-state index contributed by atoms with van der Waals surface area (Å²) in [5.74, 6) is 0. The van der Waals surface area contributed by atoms with Crippen molar-refractivity contribution in [2.45, 2.75) is 26.2 Å². The Morgan fingerprint density at radius 2 is 2.00 bits per heavy atom. The highest BCUT2D eigenvalue weighted by Gasteiger charge is 2.21. The van der Waals surface area contributed by atoms with Crippen molar-refractivity contribution in [2.75, 3.05) is 0 Å². The summed E-state index contributed by atoms with van der Waals surface area (Å²) in [5.41, 5.74) is 0.684. The van der Waals surface area contributed by atoms with Crippen LogP contribution in [0.5, 0.6) is 0 Å². The first-order chi connectivity index (χ1) is 8.80. The van der Waals surface area contributed by atoms with Crippen LogP contribution in [0.3, 0.4) is 0 Å². The first-order valence-electron chi connectivity index (χ1n) is 5.86. The first-order valence-corrected chi connectivity index (χ1v) is 5.86. The lowest BCUT2D eigenvalue weighted by atomic mass is 9.92. The van der Waals surface area contributed by atoms with E-state index in [0.29, 0.717) is 5.69 Å². The third-order valence-corrected chi connectivity index (χ3v) is 2.84. The van der Waals surface area contributed by atoms with Gasteiger partial charge in [-0.1, -0.05) is 26.8 Å². The molecule has 0 unspecified atom stereocenters. The minimum atomic E-state index is -0.474. The third kappa shape index (κ3) is 2.42. The molecule has 0 bridgehead atoms. The number of non-ortho nitro benzene ring substituents is 1. The number of aromatic amines is 1. The lowest BCUT2D eigenvalue weighted by molar-refractivity contribution is -0.384. The fourth-order valence-electron chi connectivity index (χ4n) is 1.92. The number of benzene rings is 1. The van der Waals surface area contributed by atoms with Crippen LogP contribution in [0.2, 0.25) is 0 Å². The van der Waals surface area contributed by atoms with E-state index in [9.17, 15) is 14.9 Å². The molecule has 0 aliphatic heterocycles. The molecular formula is C13H15N3O3. The van der Waals surface area contributed by atoms with Crippen molar-refractivity contribution in [2.24, 2.45) is 0 Å². The summed E-state index contributed by atoms with van der Waals surface area (Å²) in [7, 11) is 0. The molecule has 2 aromatic rings. The zero-order valence-corrected chi connectivity index (χ0v) is 11.0. The monoisotopic (exact) mass is 261 g/mol. The van der Waals surface area contributed by atoms with Crippen molar-refractivity contribution < 1.29 is 4.92 Å². The summed E-state index contributed by atoms with van der Waals surface area (Å²) < 4.78 is 1.47. The molecule has 1 heterocycles. The van der Waals surface area contributed by atoms with Crippen LogP contribution in [-0.2, 0) is 5.41 Å². The molecule has 6 nitrogen and oxygen atoms in total. The Bertz CT molecular complexity index is 677. The molecule has 0 aliphatic rings. The normalized spacial score (nSPS) is 11.5. The Morgan fingerprint density at radius 3 is 2.58 bits per heavy atom. The summed E-state index contributed by atoms with van der Waals surface area (Å²) in [6.07, 6.45) is 1.64. The molecule has 2 rings (SSSR count). The van der Waals surface area contributed by atoms with Gasteiger partial charge in [-0.2, -0.15) is 0 Å². The molecule has 0 aliphatic carbocycles. The van der Waals surface area contributed by atoms with Crippen molar-refractivity contribution in [3.8, 4) is 5.69 Å². The second kappa shape index (κ2) is 4.38. The number of aromatic nitrogens is 2. The number of nitrogens with one attached hydrogen (secondary N) is 1. The van der Waals surface area contributed by atoms with Crippen LogP contribution in [0.15, 0.2) is 35.3 Å². The van der Waals surface area contributed by atoms with Gasteiger partial charge in [-0.3, -0.25) is 14.7 Å². The molecule has 0 saturated carbocycles. The summed E-state index contributed by atoms with van der Waals surface area (Å²) in [6, 6.07) is 6.04. The quantitative estimate of drug-likeness (QED) is 0.665. The van der Waals surface area contributed by atoms with Crippen LogP contribution in [0.25, 0.3) is 5.69 Å². The lowest BCUT2D eigenvalue weighted by Gasteiger charge is -2.20. The van der Waals surface area contributed by atoms with Crippen molar-refractivity contribution in [1.82, 2.24) is 9.55 Å². The first kappa shape index (κ1) is 13.1. The Kier molecular flexibility index (Phi) is 3.01. The van der Waals surface area contributed by atoms with Crippen molar-refractivity contribution in [3.05, 3.63) is 56.8 Å². The van der Waals surface area contributed by atoms with Crippen molar-refractivity contribution in [1.29, 1.82) is 0 Å². The van der Waals surface area contributed by atoms with E-state index < -0.39 is 4.92 Å². The molecule has 0 spiro atoms. The number of hydrogen-bond donors (Lipinski definition) is 1. The van der Waals surface area contributed by atoms with Crippen LogP contribution in [0.1, 0.15) is 26.5 Å². The van der Waals surface area contributed by atoms with Gasteiger partial charge < -0.3 is 4.98 Å². The fraction of sp³-hybridized carbons (Fsp3) is 0.308. The molecular weight excluding hydrogens is 246 g/mol. The molecule has 0 saturated heterocycles. The molecule has 100 valence electrons. The average molecular weight is 261 g/mol. The number of imidazole rings is 1. The maximum absolute atomic E-state index is 11.9. The van der Waals surface area contributed by atoms with Crippen molar-refractivity contribution in [3.63, 3.8) is 0 Å². The Morgan fingerprint density at radius 1 is 1.32 bits per heavy atom. The maximum Gasteiger partial charge on any atom is 0.330 e. The van der Waals surface area contributed by atoms with E-state index >= 15 is 0 Å². The van der Waals surface area contributed by atoms with E-state index in [0.717, 1.165) is 5.69 Å². The van der Waals surface area contributed by atoms with E-state index in [1.807, 2.05) is 20.8 Å². The number of nitrogens with zero attached hydrogens (tertiary/aromatic N) is 2. The molecule has 0 amide bonds. The smallest absolute Gasteiger partial charge is 0.312 e. The lowest BCUT2D eigenvalue weighted by Crippen LogP contribution is -2.23. The van der Waals surface area contributed by atoms with Gasteiger partial charge in [-0.05, 0) is 6.07 Å². The van der Waals surface area contributed by atoms with Gasteiger partial charge in [0.2, 0.25) is 0 Å². The minimum Gasteiger partial charge on any atom is -0.312 e. The van der Waals surface area contributed by atoms with Gasteiger partial charge in [0, 0.05) is 29.4 Å². The minimum absolute atomic E-state index is 0.0366. The predicted molar refractivity (Wildman–Crippen MR) is 71.7 cm³/mol. The highest BCUT2D eigenvalue weighted by atomic mass is 16.6. The largest absolute Gasteiger partial charge is 0.330 e. The summed E-state index contributed by atoms with van der Waals surface area (Å²) in [4.78, 5) is 24.9. The second-order valence-corrected chi connectivity index (χ2v) is 5.34. The molecule has 1 aromatic carbocycles. The highest BCUT2D eigenvalue weighted by Crippen LogP contribution is 2.24. The topological polar surface area (TPSA) is 80.9 Å². The van der Waals surface area contributed by atoms with Crippen LogP contribution < -0.4 is 5.69 Å². The zero-order chi connectivity index (χ0) is 14.2. The number of nitro groups is 1. The summed E-state index contributed by atoms with van der Waals surface area (Å²) >= 11 is 0. The van der Waals surface area contributed by atoms with Gasteiger partial charge in [0.25, 0.3) is 5.69 Å². The molecule has 0 atom stereocenters.